The van der Waals surface area contributed by atoms with E-state index in [4.69, 9.17) is 0 Å². The van der Waals surface area contributed by atoms with Gasteiger partial charge in [-0.05, 0) is 50.8 Å². The van der Waals surface area contributed by atoms with Crippen LogP contribution in [0, 0.1) is 5.92 Å². The Morgan fingerprint density at radius 1 is 1.45 bits per heavy atom. The highest BCUT2D eigenvalue weighted by molar-refractivity contribution is 5.79. The maximum atomic E-state index is 12.8. The van der Waals surface area contributed by atoms with Crippen LogP contribution in [0.5, 0.6) is 0 Å². The zero-order valence-corrected chi connectivity index (χ0v) is 12.1. The molecule has 0 saturated carbocycles. The maximum Gasteiger partial charge on any atom is 0.226 e. The lowest BCUT2D eigenvalue weighted by molar-refractivity contribution is -0.137. The fourth-order valence-corrected chi connectivity index (χ4v) is 3.54. The Kier molecular flexibility index (Phi) is 4.01. The van der Waals surface area contributed by atoms with Gasteiger partial charge in [-0.3, -0.25) is 9.78 Å². The summed E-state index contributed by atoms with van der Waals surface area (Å²) in [5.74, 6) is 0.549. The van der Waals surface area contributed by atoms with Crippen LogP contribution in [0.25, 0.3) is 0 Å². The van der Waals surface area contributed by atoms with E-state index >= 15 is 0 Å². The number of likely N-dealkylation sites (tertiary alicyclic amines) is 1. The van der Waals surface area contributed by atoms with E-state index in [1.165, 1.54) is 5.56 Å². The Labute approximate surface area is 120 Å². The van der Waals surface area contributed by atoms with Gasteiger partial charge in [-0.15, -0.1) is 0 Å². The van der Waals surface area contributed by atoms with Crippen LogP contribution in [0.15, 0.2) is 24.5 Å². The second-order valence-electron chi connectivity index (χ2n) is 6.05. The van der Waals surface area contributed by atoms with E-state index in [0.717, 1.165) is 38.8 Å². The van der Waals surface area contributed by atoms with Gasteiger partial charge in [-0.2, -0.15) is 0 Å². The van der Waals surface area contributed by atoms with Crippen molar-refractivity contribution in [3.63, 3.8) is 0 Å². The summed E-state index contributed by atoms with van der Waals surface area (Å²) < 4.78 is 0. The first-order chi connectivity index (χ1) is 9.75. The Hall–Kier alpha value is -1.42. The molecule has 108 valence electrons. The van der Waals surface area contributed by atoms with Crippen LogP contribution in [-0.2, 0) is 4.79 Å². The first-order valence-corrected chi connectivity index (χ1v) is 7.69. The summed E-state index contributed by atoms with van der Waals surface area (Å²) in [7, 11) is 0. The highest BCUT2D eigenvalue weighted by atomic mass is 16.2. The number of pyridine rings is 1. The fourth-order valence-electron chi connectivity index (χ4n) is 3.54. The molecule has 4 nitrogen and oxygen atoms in total. The summed E-state index contributed by atoms with van der Waals surface area (Å²) in [6.07, 6.45) is 7.80. The summed E-state index contributed by atoms with van der Waals surface area (Å²) in [6.45, 7) is 4.03. The molecule has 20 heavy (non-hydrogen) atoms. The molecule has 1 N–H and O–H groups in total. The lowest BCUT2D eigenvalue weighted by Gasteiger charge is -2.33. The third-order valence-electron chi connectivity index (χ3n) is 4.58. The summed E-state index contributed by atoms with van der Waals surface area (Å²) in [4.78, 5) is 19.1. The third-order valence-corrected chi connectivity index (χ3v) is 4.58. The molecule has 0 radical (unpaired) electrons. The number of carbonyl (C=O) groups excluding carboxylic acids is 1. The van der Waals surface area contributed by atoms with Crippen LogP contribution in [-0.4, -0.2) is 34.9 Å². The summed E-state index contributed by atoms with van der Waals surface area (Å²) in [5, 5.41) is 3.42. The summed E-state index contributed by atoms with van der Waals surface area (Å²) >= 11 is 0. The first kappa shape index (κ1) is 13.6. The van der Waals surface area contributed by atoms with Crippen LogP contribution in [0.4, 0.5) is 0 Å². The zero-order valence-electron chi connectivity index (χ0n) is 12.1. The number of hydrogen-bond donors (Lipinski definition) is 1. The standard InChI is InChI=1S/C16H23N3O/c1-12-10-13(6-8-18-12)16(20)19-9-3-5-15(19)14-4-2-7-17-11-14/h2,4,7,11-13,15,18H,3,5-6,8-10H2,1H3. The predicted octanol–water partition coefficient (Wildman–Crippen LogP) is 2.13. The third kappa shape index (κ3) is 2.70. The van der Waals surface area contributed by atoms with Crippen molar-refractivity contribution in [3.8, 4) is 0 Å². The van der Waals surface area contributed by atoms with Gasteiger partial charge in [0.25, 0.3) is 0 Å². The Balaban J connectivity index is 1.73. The number of nitrogens with one attached hydrogen (secondary N) is 1. The Morgan fingerprint density at radius 2 is 2.35 bits per heavy atom. The minimum absolute atomic E-state index is 0.198. The second-order valence-corrected chi connectivity index (χ2v) is 6.05. The van der Waals surface area contributed by atoms with Crippen molar-refractivity contribution >= 4 is 5.91 Å². The molecule has 3 heterocycles. The van der Waals surface area contributed by atoms with Crippen molar-refractivity contribution in [1.29, 1.82) is 0 Å². The van der Waals surface area contributed by atoms with Crippen LogP contribution < -0.4 is 5.32 Å². The first-order valence-electron chi connectivity index (χ1n) is 7.69. The van der Waals surface area contributed by atoms with Gasteiger partial charge in [-0.1, -0.05) is 6.07 Å². The smallest absolute Gasteiger partial charge is 0.226 e. The average molecular weight is 273 g/mol. The summed E-state index contributed by atoms with van der Waals surface area (Å²) in [5.41, 5.74) is 1.18. The lowest BCUT2D eigenvalue weighted by Crippen LogP contribution is -2.44. The van der Waals surface area contributed by atoms with Crippen LogP contribution in [0.3, 0.4) is 0 Å². The average Bonchev–Trinajstić information content (AvgIpc) is 2.97. The van der Waals surface area contributed by atoms with E-state index in [1.54, 1.807) is 6.20 Å². The van der Waals surface area contributed by atoms with E-state index in [9.17, 15) is 4.79 Å². The number of nitrogens with zero attached hydrogens (tertiary/aromatic N) is 2. The van der Waals surface area contributed by atoms with Crippen molar-refractivity contribution in [2.24, 2.45) is 5.92 Å². The zero-order chi connectivity index (χ0) is 13.9. The topological polar surface area (TPSA) is 45.2 Å². The van der Waals surface area contributed by atoms with E-state index in [0.29, 0.717) is 11.9 Å². The molecule has 1 aromatic heterocycles. The maximum absolute atomic E-state index is 12.8. The van der Waals surface area contributed by atoms with Crippen LogP contribution >= 0.6 is 0 Å². The molecule has 2 saturated heterocycles. The molecule has 3 unspecified atom stereocenters. The van der Waals surface area contributed by atoms with Gasteiger partial charge in [0.2, 0.25) is 5.91 Å². The highest BCUT2D eigenvalue weighted by Gasteiger charge is 2.35. The van der Waals surface area contributed by atoms with Crippen molar-refractivity contribution in [2.75, 3.05) is 13.1 Å². The van der Waals surface area contributed by atoms with Gasteiger partial charge in [0.1, 0.15) is 0 Å². The van der Waals surface area contributed by atoms with Crippen LogP contribution in [0.2, 0.25) is 0 Å². The Morgan fingerprint density at radius 3 is 3.10 bits per heavy atom. The molecule has 3 atom stereocenters. The summed E-state index contributed by atoms with van der Waals surface area (Å²) in [6, 6.07) is 4.75. The highest BCUT2D eigenvalue weighted by Crippen LogP contribution is 2.34. The van der Waals surface area contributed by atoms with Gasteiger partial charge < -0.3 is 10.2 Å². The number of aromatic nitrogens is 1. The number of carbonyl (C=O) groups is 1. The Bertz CT molecular complexity index is 462. The monoisotopic (exact) mass is 273 g/mol. The molecule has 0 aromatic carbocycles. The molecular weight excluding hydrogens is 250 g/mol. The molecule has 1 amide bonds. The van der Waals surface area contributed by atoms with E-state index < -0.39 is 0 Å². The van der Waals surface area contributed by atoms with Crippen molar-refractivity contribution in [1.82, 2.24) is 15.2 Å². The molecule has 4 heteroatoms. The van der Waals surface area contributed by atoms with Gasteiger partial charge in [0, 0.05) is 30.9 Å². The van der Waals surface area contributed by atoms with Gasteiger partial charge in [0.15, 0.2) is 0 Å². The van der Waals surface area contributed by atoms with Crippen molar-refractivity contribution < 1.29 is 4.79 Å². The predicted molar refractivity (Wildman–Crippen MR) is 78.1 cm³/mol. The molecule has 1 aromatic rings. The van der Waals surface area contributed by atoms with Crippen molar-refractivity contribution in [3.05, 3.63) is 30.1 Å². The van der Waals surface area contributed by atoms with Crippen LogP contribution in [0.1, 0.15) is 44.2 Å². The second kappa shape index (κ2) is 5.92. The SMILES string of the molecule is CC1CC(C(=O)N2CCCC2c2cccnc2)CCN1. The molecular formula is C16H23N3O. The molecule has 2 fully saturated rings. The minimum atomic E-state index is 0.198. The molecule has 0 spiro atoms. The molecule has 0 aliphatic carbocycles. The number of hydrogen-bond acceptors (Lipinski definition) is 3. The van der Waals surface area contributed by atoms with Gasteiger partial charge >= 0.3 is 0 Å². The number of piperidine rings is 1. The van der Waals surface area contributed by atoms with Gasteiger partial charge in [-0.25, -0.2) is 0 Å². The van der Waals surface area contributed by atoms with Crippen molar-refractivity contribution in [2.45, 2.75) is 44.7 Å². The van der Waals surface area contributed by atoms with E-state index in [-0.39, 0.29) is 12.0 Å². The quantitative estimate of drug-likeness (QED) is 0.898. The normalized spacial score (nSPS) is 30.4. The van der Waals surface area contributed by atoms with Gasteiger partial charge in [0.05, 0.1) is 6.04 Å². The number of rotatable bonds is 2. The number of amides is 1. The molecule has 0 bridgehead atoms. The lowest BCUT2D eigenvalue weighted by atomic mass is 9.91. The minimum Gasteiger partial charge on any atom is -0.335 e. The van der Waals surface area contributed by atoms with E-state index in [2.05, 4.69) is 28.2 Å². The molecule has 2 aliphatic heterocycles. The molecule has 3 rings (SSSR count). The van der Waals surface area contributed by atoms with E-state index in [1.807, 2.05) is 12.3 Å². The fraction of sp³-hybridized carbons (Fsp3) is 0.625. The largest absolute Gasteiger partial charge is 0.335 e. The molecule has 2 aliphatic rings.